The molecule has 0 aliphatic carbocycles. The Morgan fingerprint density at radius 1 is 1.53 bits per heavy atom. The smallest absolute Gasteiger partial charge is 0.170 e. The number of halogens is 1. The molecule has 94 valence electrons. The van der Waals surface area contributed by atoms with Crippen LogP contribution in [0.2, 0.25) is 0 Å². The summed E-state index contributed by atoms with van der Waals surface area (Å²) in [5.74, 6) is 0.284. The van der Waals surface area contributed by atoms with E-state index >= 15 is 0 Å². The molecule has 0 spiro atoms. The Bertz CT molecular complexity index is 409. The van der Waals surface area contributed by atoms with Gasteiger partial charge in [0, 0.05) is 16.6 Å². The second-order valence-corrected chi connectivity index (χ2v) is 5.29. The van der Waals surface area contributed by atoms with Crippen molar-refractivity contribution in [1.82, 2.24) is 0 Å². The molecule has 0 saturated heterocycles. The molecule has 0 aliphatic rings. The van der Waals surface area contributed by atoms with Crippen LogP contribution in [-0.4, -0.2) is 16.3 Å². The number of amidine groups is 1. The van der Waals surface area contributed by atoms with Gasteiger partial charge in [-0.05, 0) is 30.2 Å². The number of nitrogens with zero attached hydrogens (tertiary/aromatic N) is 1. The van der Waals surface area contributed by atoms with Gasteiger partial charge >= 0.3 is 0 Å². The monoisotopic (exact) mass is 256 g/mol. The Morgan fingerprint density at radius 2 is 2.24 bits per heavy atom. The molecule has 1 aromatic carbocycles. The van der Waals surface area contributed by atoms with Gasteiger partial charge in [0.1, 0.15) is 5.82 Å². The van der Waals surface area contributed by atoms with E-state index in [1.165, 1.54) is 12.1 Å². The lowest BCUT2D eigenvalue weighted by molar-refractivity contribution is 0.318. The predicted octanol–water partition coefficient (Wildman–Crippen LogP) is 2.95. The van der Waals surface area contributed by atoms with Crippen molar-refractivity contribution < 1.29 is 9.60 Å². The van der Waals surface area contributed by atoms with E-state index in [0.29, 0.717) is 10.8 Å². The predicted molar refractivity (Wildman–Crippen MR) is 70.0 cm³/mol. The maximum absolute atomic E-state index is 13.3. The van der Waals surface area contributed by atoms with E-state index in [4.69, 9.17) is 10.9 Å². The minimum absolute atomic E-state index is 0.0701. The van der Waals surface area contributed by atoms with Crippen LogP contribution in [0.25, 0.3) is 0 Å². The molecule has 3 N–H and O–H groups in total. The van der Waals surface area contributed by atoms with Crippen LogP contribution in [0, 0.1) is 5.82 Å². The summed E-state index contributed by atoms with van der Waals surface area (Å²) in [6, 6.07) is 4.48. The number of rotatable bonds is 5. The molecule has 1 aromatic rings. The number of hydrogen-bond donors (Lipinski definition) is 2. The molecule has 0 amide bonds. The first-order chi connectivity index (χ1) is 8.06. The van der Waals surface area contributed by atoms with E-state index in [0.717, 1.165) is 17.7 Å². The van der Waals surface area contributed by atoms with Gasteiger partial charge in [-0.2, -0.15) is 11.8 Å². The Hall–Kier alpha value is -1.23. The molecule has 0 aliphatic heterocycles. The molecule has 0 radical (unpaired) electrons. The number of hydrogen-bond acceptors (Lipinski definition) is 3. The third-order valence-corrected chi connectivity index (χ3v) is 3.87. The Balaban J connectivity index is 2.83. The first-order valence-corrected chi connectivity index (χ1v) is 6.50. The van der Waals surface area contributed by atoms with Crippen LogP contribution in [0.5, 0.6) is 0 Å². The SMILES string of the molecule is CCC(C)SCc1cc(F)cc(/C(N)=N/O)c1. The fourth-order valence-electron chi connectivity index (χ4n) is 1.30. The van der Waals surface area contributed by atoms with E-state index in [1.54, 1.807) is 17.8 Å². The number of thioether (sulfide) groups is 1. The van der Waals surface area contributed by atoms with Crippen molar-refractivity contribution in [3.05, 3.63) is 35.1 Å². The number of nitrogens with two attached hydrogens (primary N) is 1. The average molecular weight is 256 g/mol. The molecule has 0 aromatic heterocycles. The van der Waals surface area contributed by atoms with Crippen molar-refractivity contribution in [1.29, 1.82) is 0 Å². The fraction of sp³-hybridized carbons (Fsp3) is 0.417. The first kappa shape index (κ1) is 13.8. The van der Waals surface area contributed by atoms with Gasteiger partial charge in [0.25, 0.3) is 0 Å². The molecule has 0 heterocycles. The largest absolute Gasteiger partial charge is 0.409 e. The molecule has 1 atom stereocenters. The van der Waals surface area contributed by atoms with E-state index in [2.05, 4.69) is 19.0 Å². The van der Waals surface area contributed by atoms with Crippen molar-refractivity contribution >= 4 is 17.6 Å². The van der Waals surface area contributed by atoms with Crippen LogP contribution in [0.1, 0.15) is 31.4 Å². The topological polar surface area (TPSA) is 58.6 Å². The van der Waals surface area contributed by atoms with Gasteiger partial charge in [-0.15, -0.1) is 0 Å². The second kappa shape index (κ2) is 6.49. The van der Waals surface area contributed by atoms with Crippen molar-refractivity contribution in [3.8, 4) is 0 Å². The van der Waals surface area contributed by atoms with Crippen LogP contribution >= 0.6 is 11.8 Å². The number of oxime groups is 1. The summed E-state index contributed by atoms with van der Waals surface area (Å²) >= 11 is 1.76. The van der Waals surface area contributed by atoms with Crippen LogP contribution in [-0.2, 0) is 5.75 Å². The zero-order chi connectivity index (χ0) is 12.8. The summed E-state index contributed by atoms with van der Waals surface area (Å²) in [5, 5.41) is 12.0. The van der Waals surface area contributed by atoms with Crippen LogP contribution in [0.3, 0.4) is 0 Å². The average Bonchev–Trinajstić information content (AvgIpc) is 2.34. The first-order valence-electron chi connectivity index (χ1n) is 5.45. The van der Waals surface area contributed by atoms with Crippen molar-refractivity contribution in [2.45, 2.75) is 31.3 Å². The summed E-state index contributed by atoms with van der Waals surface area (Å²) in [6.07, 6.45) is 1.08. The van der Waals surface area contributed by atoms with E-state index in [1.807, 2.05) is 0 Å². The molecular formula is C12H17FN2OS. The van der Waals surface area contributed by atoms with Crippen molar-refractivity contribution in [2.24, 2.45) is 10.9 Å². The summed E-state index contributed by atoms with van der Waals surface area (Å²) in [7, 11) is 0. The van der Waals surface area contributed by atoms with Gasteiger partial charge in [0.05, 0.1) is 0 Å². The third-order valence-electron chi connectivity index (χ3n) is 2.47. The maximum Gasteiger partial charge on any atom is 0.170 e. The summed E-state index contributed by atoms with van der Waals surface area (Å²) in [6.45, 7) is 4.25. The summed E-state index contributed by atoms with van der Waals surface area (Å²) in [5.41, 5.74) is 6.69. The van der Waals surface area contributed by atoms with Crippen LogP contribution in [0.4, 0.5) is 4.39 Å². The number of benzene rings is 1. The molecule has 5 heteroatoms. The van der Waals surface area contributed by atoms with Gasteiger partial charge in [-0.1, -0.05) is 19.0 Å². The Morgan fingerprint density at radius 3 is 2.82 bits per heavy atom. The van der Waals surface area contributed by atoms with Crippen LogP contribution in [0.15, 0.2) is 23.4 Å². The van der Waals surface area contributed by atoms with Crippen molar-refractivity contribution in [3.63, 3.8) is 0 Å². The lowest BCUT2D eigenvalue weighted by Gasteiger charge is -2.09. The van der Waals surface area contributed by atoms with Gasteiger partial charge in [-0.3, -0.25) is 0 Å². The lowest BCUT2D eigenvalue weighted by Crippen LogP contribution is -2.13. The Kier molecular flexibility index (Phi) is 5.28. The minimum atomic E-state index is -0.367. The molecule has 3 nitrogen and oxygen atoms in total. The second-order valence-electron chi connectivity index (χ2n) is 3.86. The highest BCUT2D eigenvalue weighted by atomic mass is 32.2. The van der Waals surface area contributed by atoms with E-state index < -0.39 is 0 Å². The van der Waals surface area contributed by atoms with E-state index in [9.17, 15) is 4.39 Å². The van der Waals surface area contributed by atoms with Gasteiger partial charge in [-0.25, -0.2) is 4.39 Å². The molecule has 0 saturated carbocycles. The molecule has 1 rings (SSSR count). The minimum Gasteiger partial charge on any atom is -0.409 e. The van der Waals surface area contributed by atoms with Gasteiger partial charge in [0.2, 0.25) is 0 Å². The van der Waals surface area contributed by atoms with E-state index in [-0.39, 0.29) is 11.7 Å². The Labute approximate surface area is 105 Å². The third kappa shape index (κ3) is 4.26. The highest BCUT2D eigenvalue weighted by molar-refractivity contribution is 7.99. The standard InChI is InChI=1S/C12H17FN2OS/c1-3-8(2)17-7-9-4-10(12(14)15-16)6-11(13)5-9/h4-6,8,16H,3,7H2,1-2H3,(H2,14,15). The van der Waals surface area contributed by atoms with Crippen LogP contribution < -0.4 is 5.73 Å². The zero-order valence-electron chi connectivity index (χ0n) is 9.98. The highest BCUT2D eigenvalue weighted by Crippen LogP contribution is 2.21. The van der Waals surface area contributed by atoms with Crippen molar-refractivity contribution in [2.75, 3.05) is 0 Å². The highest BCUT2D eigenvalue weighted by Gasteiger charge is 2.06. The quantitative estimate of drug-likeness (QED) is 0.368. The normalized spacial score (nSPS) is 13.7. The summed E-state index contributed by atoms with van der Waals surface area (Å²) < 4.78 is 13.3. The lowest BCUT2D eigenvalue weighted by atomic mass is 10.1. The zero-order valence-corrected chi connectivity index (χ0v) is 10.8. The van der Waals surface area contributed by atoms with Gasteiger partial charge < -0.3 is 10.9 Å². The molecule has 0 fully saturated rings. The molecule has 1 unspecified atom stereocenters. The fourth-order valence-corrected chi connectivity index (χ4v) is 2.18. The molecule has 17 heavy (non-hydrogen) atoms. The maximum atomic E-state index is 13.3. The molecular weight excluding hydrogens is 239 g/mol. The van der Waals surface area contributed by atoms with Gasteiger partial charge in [0.15, 0.2) is 5.84 Å². The molecule has 0 bridgehead atoms. The summed E-state index contributed by atoms with van der Waals surface area (Å²) in [4.78, 5) is 0.